The van der Waals surface area contributed by atoms with Crippen LogP contribution in [0.25, 0.3) is 6.08 Å². The fourth-order valence-corrected chi connectivity index (χ4v) is 4.85. The van der Waals surface area contributed by atoms with Gasteiger partial charge in [0.1, 0.15) is 12.7 Å². The van der Waals surface area contributed by atoms with Gasteiger partial charge in [-0.2, -0.15) is 0 Å². The van der Waals surface area contributed by atoms with Crippen LogP contribution < -0.4 is 4.74 Å². The molecule has 0 saturated carbocycles. The Labute approximate surface area is 323 Å². The summed E-state index contributed by atoms with van der Waals surface area (Å²) in [5, 5.41) is 16.0. The van der Waals surface area contributed by atoms with Crippen molar-refractivity contribution in [1.29, 1.82) is 0 Å². The summed E-state index contributed by atoms with van der Waals surface area (Å²) in [6, 6.07) is 7.64. The minimum absolute atomic E-state index is 0.0721. The van der Waals surface area contributed by atoms with Crippen LogP contribution in [0.4, 0.5) is 0 Å². The van der Waals surface area contributed by atoms with E-state index in [-0.39, 0.29) is 12.3 Å². The zero-order valence-electron chi connectivity index (χ0n) is 34.1. The summed E-state index contributed by atoms with van der Waals surface area (Å²) in [5.41, 5.74) is -1.43. The van der Waals surface area contributed by atoms with Gasteiger partial charge in [-0.3, -0.25) is 29.1 Å². The average molecular weight is 771 g/mol. The van der Waals surface area contributed by atoms with Gasteiger partial charge >= 0.3 is 29.8 Å². The lowest BCUT2D eigenvalue weighted by Gasteiger charge is -2.45. The molecule has 0 aliphatic carbocycles. The molecule has 1 aliphatic heterocycles. The topological polar surface area (TPSA) is 190 Å². The predicted octanol–water partition coefficient (Wildman–Crippen LogP) is 6.25. The predicted molar refractivity (Wildman–Crippen MR) is 201 cm³/mol. The normalized spacial score (nSPS) is 20.8. The lowest BCUT2D eigenvalue weighted by molar-refractivity contribution is -0.294. The van der Waals surface area contributed by atoms with E-state index in [1.165, 1.54) is 0 Å². The van der Waals surface area contributed by atoms with Gasteiger partial charge in [0.15, 0.2) is 12.2 Å². The molecule has 3 rings (SSSR count). The Kier molecular flexibility index (Phi) is 14.5. The largest absolute Gasteiger partial charge is 0.481 e. The number of nitrogens with zero attached hydrogens (tertiary/aromatic N) is 1. The highest BCUT2D eigenvalue weighted by molar-refractivity contribution is 5.78. The van der Waals surface area contributed by atoms with Crippen LogP contribution in [0, 0.1) is 21.7 Å². The molecule has 0 unspecified atom stereocenters. The van der Waals surface area contributed by atoms with Gasteiger partial charge in [-0.1, -0.05) is 36.4 Å². The average Bonchev–Trinajstić information content (AvgIpc) is 3.50. The number of carbonyl (C=O) groups excluding carboxylic acids is 4. The van der Waals surface area contributed by atoms with E-state index in [0.717, 1.165) is 11.1 Å². The van der Waals surface area contributed by atoms with Gasteiger partial charge in [0.05, 0.1) is 28.1 Å². The molecule has 1 aromatic carbocycles. The van der Waals surface area contributed by atoms with E-state index < -0.39 is 88.8 Å². The van der Waals surface area contributed by atoms with Gasteiger partial charge in [-0.15, -0.1) is 5.10 Å². The molecular weight excluding hydrogens is 712 g/mol. The van der Waals surface area contributed by atoms with Crippen LogP contribution in [0.1, 0.15) is 106 Å². The van der Waals surface area contributed by atoms with E-state index in [0.29, 0.717) is 18.4 Å². The van der Waals surface area contributed by atoms with Crippen LogP contribution in [-0.4, -0.2) is 82.5 Å². The number of carbonyl (C=O) groups is 5. The van der Waals surface area contributed by atoms with Crippen molar-refractivity contribution < 1.29 is 57.5 Å². The molecule has 0 radical (unpaired) electrons. The second-order valence-electron chi connectivity index (χ2n) is 17.8. The Morgan fingerprint density at radius 1 is 0.727 bits per heavy atom. The van der Waals surface area contributed by atoms with E-state index in [2.05, 4.69) is 10.2 Å². The minimum Gasteiger partial charge on any atom is -0.481 e. The summed E-state index contributed by atoms with van der Waals surface area (Å²) in [5.74, 6) is -3.36. The van der Waals surface area contributed by atoms with Crippen LogP contribution in [-0.2, 0) is 60.5 Å². The molecule has 14 nitrogen and oxygen atoms in total. The first-order chi connectivity index (χ1) is 25.3. The number of aromatic amines is 1. The molecule has 2 heterocycles. The summed E-state index contributed by atoms with van der Waals surface area (Å²) in [4.78, 5) is 64.3. The van der Waals surface area contributed by atoms with Crippen LogP contribution in [0.2, 0.25) is 0 Å². The van der Waals surface area contributed by atoms with Crippen molar-refractivity contribution in [3.63, 3.8) is 0 Å². The van der Waals surface area contributed by atoms with Gasteiger partial charge in [0.25, 0.3) is 0 Å². The number of carboxylic acids is 1. The van der Waals surface area contributed by atoms with E-state index in [1.807, 2.05) is 24.3 Å². The third-order valence-electron chi connectivity index (χ3n) is 8.32. The number of aromatic nitrogens is 2. The highest BCUT2D eigenvalue weighted by Gasteiger charge is 2.56. The molecule has 0 bridgehead atoms. The van der Waals surface area contributed by atoms with Gasteiger partial charge in [0.2, 0.25) is 18.3 Å². The lowest BCUT2D eigenvalue weighted by atomic mass is 9.93. The SMILES string of the molecule is CC(C)(C)C(=O)OC[C@H]1O[C@@H](Oc2n[nH]cc2CCc2ccc(/C=C/CC(=O)O)cc2)[C@H](OC(=O)C(C)(C)C)[C@@H](OC(=O)C(C)(C)C)[C@@H]1OC(=O)C(C)(C)C. The van der Waals surface area contributed by atoms with Gasteiger partial charge in [-0.25, -0.2) is 0 Å². The van der Waals surface area contributed by atoms with Gasteiger partial charge in [-0.05, 0) is 107 Å². The quantitative estimate of drug-likeness (QED) is 0.172. The third-order valence-corrected chi connectivity index (χ3v) is 8.32. The van der Waals surface area contributed by atoms with Crippen molar-refractivity contribution in [3.05, 3.63) is 53.2 Å². The third kappa shape index (κ3) is 13.2. The Morgan fingerprint density at radius 2 is 1.24 bits per heavy atom. The summed E-state index contributed by atoms with van der Waals surface area (Å²) >= 11 is 0. The molecule has 0 spiro atoms. The Morgan fingerprint density at radius 3 is 1.75 bits per heavy atom. The molecule has 304 valence electrons. The molecule has 0 amide bonds. The van der Waals surface area contributed by atoms with Crippen molar-refractivity contribution >= 4 is 35.9 Å². The zero-order chi connectivity index (χ0) is 41.5. The van der Waals surface area contributed by atoms with Crippen molar-refractivity contribution in [2.24, 2.45) is 21.7 Å². The summed E-state index contributed by atoms with van der Waals surface area (Å²) in [6.07, 6.45) is -1.12. The fourth-order valence-electron chi connectivity index (χ4n) is 4.85. The molecule has 1 fully saturated rings. The minimum atomic E-state index is -1.48. The number of hydrogen-bond donors (Lipinski definition) is 2. The van der Waals surface area contributed by atoms with E-state index in [9.17, 15) is 24.0 Å². The molecule has 1 aromatic heterocycles. The number of hydrogen-bond acceptors (Lipinski definition) is 12. The van der Waals surface area contributed by atoms with E-state index >= 15 is 0 Å². The van der Waals surface area contributed by atoms with Crippen molar-refractivity contribution in [3.8, 4) is 5.88 Å². The molecule has 55 heavy (non-hydrogen) atoms. The highest BCUT2D eigenvalue weighted by Crippen LogP contribution is 2.35. The zero-order valence-corrected chi connectivity index (χ0v) is 34.1. The number of ether oxygens (including phenoxy) is 6. The first-order valence-corrected chi connectivity index (χ1v) is 18.4. The summed E-state index contributed by atoms with van der Waals surface area (Å²) in [7, 11) is 0. The molecule has 5 atom stereocenters. The molecule has 2 N–H and O–H groups in total. The summed E-state index contributed by atoms with van der Waals surface area (Å²) in [6.45, 7) is 19.5. The van der Waals surface area contributed by atoms with E-state index in [1.54, 1.807) is 101 Å². The number of rotatable bonds is 13. The maximum absolute atomic E-state index is 13.6. The van der Waals surface area contributed by atoms with Crippen LogP contribution in [0.15, 0.2) is 36.5 Å². The number of aliphatic carboxylic acids is 1. The van der Waals surface area contributed by atoms with Gasteiger partial charge in [0, 0.05) is 11.8 Å². The molecular formula is C41H58N2O12. The van der Waals surface area contributed by atoms with Crippen LogP contribution in [0.3, 0.4) is 0 Å². The Bertz CT molecular complexity index is 1680. The molecule has 1 aliphatic rings. The second-order valence-corrected chi connectivity index (χ2v) is 17.8. The van der Waals surface area contributed by atoms with Crippen molar-refractivity contribution in [1.82, 2.24) is 10.2 Å². The number of esters is 4. The van der Waals surface area contributed by atoms with Crippen molar-refractivity contribution in [2.75, 3.05) is 6.61 Å². The number of H-pyrrole nitrogens is 1. The number of benzene rings is 1. The fraction of sp³-hybridized carbons (Fsp3) is 0.610. The maximum atomic E-state index is 13.6. The highest BCUT2D eigenvalue weighted by atomic mass is 16.7. The molecule has 1 saturated heterocycles. The monoisotopic (exact) mass is 770 g/mol. The first-order valence-electron chi connectivity index (χ1n) is 18.4. The van der Waals surface area contributed by atoms with Crippen LogP contribution in [0.5, 0.6) is 5.88 Å². The number of aryl methyl sites for hydroxylation is 2. The lowest BCUT2D eigenvalue weighted by Crippen LogP contribution is -2.65. The van der Waals surface area contributed by atoms with Crippen LogP contribution >= 0.6 is 0 Å². The standard InChI is InChI=1S/C41H58N2O12/c1-38(2,3)34(46)50-23-27-29(52-35(47)39(4,5)6)30(53-36(48)40(7,8)9)31(54-37(49)41(10,11)12)33(51-27)55-32-26(22-42-43-32)21-20-25-18-16-24(17-19-25)14-13-15-28(44)45/h13-14,16-19,22,27,29-31,33H,15,20-21,23H2,1-12H3,(H,42,43)(H,44,45)/b14-13+/t27-,29-,30+,31-,33+/m1/s1. The van der Waals surface area contributed by atoms with Gasteiger partial charge < -0.3 is 33.5 Å². The Hall–Kier alpha value is -4.72. The maximum Gasteiger partial charge on any atom is 0.311 e. The Balaban J connectivity index is 2.05. The molecule has 2 aromatic rings. The number of carboxylic acid groups (broad SMARTS) is 1. The number of nitrogens with one attached hydrogen (secondary N) is 1. The second kappa shape index (κ2) is 17.8. The van der Waals surface area contributed by atoms with E-state index in [4.69, 9.17) is 33.5 Å². The molecule has 14 heteroatoms. The smallest absolute Gasteiger partial charge is 0.311 e. The first kappa shape index (κ1) is 44.7. The van der Waals surface area contributed by atoms with Crippen molar-refractivity contribution in [2.45, 2.75) is 133 Å². The summed E-state index contributed by atoms with van der Waals surface area (Å²) < 4.78 is 36.6.